The molecule has 0 saturated heterocycles. The number of hydrogen-bond acceptors (Lipinski definition) is 3. The van der Waals surface area contributed by atoms with E-state index >= 15 is 0 Å². The second-order valence-electron chi connectivity index (χ2n) is 5.12. The third-order valence-electron chi connectivity index (χ3n) is 3.22. The minimum Gasteiger partial charge on any atom is -0.323 e. The number of hydrogen-bond donors (Lipinski definition) is 1. The Labute approximate surface area is 131 Å². The molecule has 0 aromatic heterocycles. The van der Waals surface area contributed by atoms with Crippen LogP contribution in [-0.2, 0) is 9.59 Å². The molecule has 0 unspecified atom stereocenters. The van der Waals surface area contributed by atoms with E-state index in [1.54, 1.807) is 24.3 Å². The number of alkyl halides is 3. The van der Waals surface area contributed by atoms with E-state index in [0.29, 0.717) is 11.4 Å². The van der Waals surface area contributed by atoms with Gasteiger partial charge in [0.25, 0.3) is 0 Å². The van der Waals surface area contributed by atoms with Gasteiger partial charge in [0.05, 0.1) is 24.5 Å². The van der Waals surface area contributed by atoms with Gasteiger partial charge in [0.2, 0.25) is 11.8 Å². The van der Waals surface area contributed by atoms with Gasteiger partial charge in [-0.1, -0.05) is 18.2 Å². The molecule has 1 N–H and O–H groups in total. The van der Waals surface area contributed by atoms with E-state index in [4.69, 9.17) is 0 Å². The maximum absolute atomic E-state index is 12.6. The number of carbonyl (C=O) groups excluding carboxylic acids is 2. The van der Waals surface area contributed by atoms with Gasteiger partial charge in [-0.2, -0.15) is 13.2 Å². The Kier molecular flexibility index (Phi) is 5.05. The van der Waals surface area contributed by atoms with Crippen molar-refractivity contribution in [1.82, 2.24) is 4.90 Å². The molecule has 8 heteroatoms. The first-order valence-corrected chi connectivity index (χ1v) is 6.89. The number of amides is 2. The molecule has 2 amide bonds. The summed E-state index contributed by atoms with van der Waals surface area (Å²) in [7, 11) is 0. The molecule has 0 spiro atoms. The summed E-state index contributed by atoms with van der Waals surface area (Å²) in [5, 5.41) is 2.62. The predicted octanol–water partition coefficient (Wildman–Crippen LogP) is 2.02. The number of halogens is 3. The lowest BCUT2D eigenvalue weighted by molar-refractivity contribution is -0.147. The van der Waals surface area contributed by atoms with Crippen molar-refractivity contribution in [2.75, 3.05) is 36.4 Å². The van der Waals surface area contributed by atoms with E-state index < -0.39 is 25.2 Å². The van der Waals surface area contributed by atoms with E-state index in [0.717, 1.165) is 4.90 Å². The zero-order valence-corrected chi connectivity index (χ0v) is 12.3. The molecule has 0 radical (unpaired) electrons. The lowest BCUT2D eigenvalue weighted by Gasteiger charge is -2.31. The lowest BCUT2D eigenvalue weighted by atomic mass is 10.2. The van der Waals surface area contributed by atoms with Gasteiger partial charge in [-0.25, -0.2) is 0 Å². The Balaban J connectivity index is 2.16. The van der Waals surface area contributed by atoms with E-state index in [1.165, 1.54) is 11.0 Å². The molecule has 0 aliphatic carbocycles. The highest BCUT2D eigenvalue weighted by molar-refractivity contribution is 6.10. The maximum Gasteiger partial charge on any atom is 0.401 e. The molecule has 1 aliphatic heterocycles. The Morgan fingerprint density at radius 2 is 2.09 bits per heavy atom. The molecule has 23 heavy (non-hydrogen) atoms. The third kappa shape index (κ3) is 4.56. The van der Waals surface area contributed by atoms with Crippen molar-refractivity contribution >= 4 is 23.2 Å². The second kappa shape index (κ2) is 6.82. The summed E-state index contributed by atoms with van der Waals surface area (Å²) in [5.74, 6) is -0.957. The van der Waals surface area contributed by atoms with E-state index in [9.17, 15) is 22.8 Å². The highest BCUT2D eigenvalue weighted by Crippen LogP contribution is 2.29. The van der Waals surface area contributed by atoms with Gasteiger partial charge in [-0.05, 0) is 12.1 Å². The smallest absolute Gasteiger partial charge is 0.323 e. The summed E-state index contributed by atoms with van der Waals surface area (Å²) in [6.45, 7) is 1.44. The summed E-state index contributed by atoms with van der Waals surface area (Å²) in [6.07, 6.45) is -3.11. The summed E-state index contributed by atoms with van der Waals surface area (Å²) in [5.41, 5.74) is 0.936. The van der Waals surface area contributed by atoms with Crippen molar-refractivity contribution in [3.63, 3.8) is 0 Å². The van der Waals surface area contributed by atoms with E-state index in [2.05, 4.69) is 11.9 Å². The predicted molar refractivity (Wildman–Crippen MR) is 80.1 cm³/mol. The average molecular weight is 327 g/mol. The first kappa shape index (κ1) is 17.0. The van der Waals surface area contributed by atoms with Crippen LogP contribution in [0.5, 0.6) is 0 Å². The maximum atomic E-state index is 12.6. The Bertz CT molecular complexity index is 616. The first-order chi connectivity index (χ1) is 10.8. The van der Waals surface area contributed by atoms with Gasteiger partial charge >= 0.3 is 6.18 Å². The molecule has 1 aliphatic rings. The van der Waals surface area contributed by atoms with Gasteiger partial charge in [0, 0.05) is 6.54 Å². The fourth-order valence-electron chi connectivity index (χ4n) is 2.35. The molecule has 0 fully saturated rings. The van der Waals surface area contributed by atoms with Crippen molar-refractivity contribution in [3.05, 3.63) is 36.9 Å². The van der Waals surface area contributed by atoms with E-state index in [1.807, 2.05) is 0 Å². The summed E-state index contributed by atoms with van der Waals surface area (Å²) < 4.78 is 37.7. The standard InChI is InChI=1S/C15H16F3N3O2/c1-2-7-20(10-15(16,17)18)9-14(23)21-8-13(22)19-11-5-3-4-6-12(11)21/h2-6H,1,7-10H2,(H,19,22). The van der Waals surface area contributed by atoms with Crippen molar-refractivity contribution in [2.45, 2.75) is 6.18 Å². The number of rotatable bonds is 5. The molecule has 1 aromatic carbocycles. The highest BCUT2D eigenvalue weighted by atomic mass is 19.4. The number of carbonyl (C=O) groups is 2. The number of nitrogens with one attached hydrogen (secondary N) is 1. The van der Waals surface area contributed by atoms with Crippen molar-refractivity contribution < 1.29 is 22.8 Å². The van der Waals surface area contributed by atoms with Crippen LogP contribution in [0.25, 0.3) is 0 Å². The molecule has 0 atom stereocenters. The normalized spacial score (nSPS) is 14.4. The number of para-hydroxylation sites is 2. The molecular weight excluding hydrogens is 311 g/mol. The van der Waals surface area contributed by atoms with Crippen LogP contribution in [0.15, 0.2) is 36.9 Å². The molecule has 1 aromatic rings. The van der Waals surface area contributed by atoms with Crippen molar-refractivity contribution in [2.24, 2.45) is 0 Å². The Hall–Kier alpha value is -2.35. The molecule has 0 bridgehead atoms. The van der Waals surface area contributed by atoms with Crippen molar-refractivity contribution in [1.29, 1.82) is 0 Å². The lowest BCUT2D eigenvalue weighted by Crippen LogP contribution is -2.48. The highest BCUT2D eigenvalue weighted by Gasteiger charge is 2.33. The number of anilines is 2. The average Bonchev–Trinajstić information content (AvgIpc) is 2.44. The van der Waals surface area contributed by atoms with Crippen LogP contribution in [0.3, 0.4) is 0 Å². The summed E-state index contributed by atoms with van der Waals surface area (Å²) >= 11 is 0. The van der Waals surface area contributed by atoms with Crippen LogP contribution in [-0.4, -0.2) is 49.1 Å². The van der Waals surface area contributed by atoms with Gasteiger partial charge in [0.15, 0.2) is 0 Å². The molecule has 1 heterocycles. The SMILES string of the molecule is C=CCN(CC(=O)N1CC(=O)Nc2ccccc21)CC(F)(F)F. The van der Waals surface area contributed by atoms with E-state index in [-0.39, 0.29) is 19.0 Å². The van der Waals surface area contributed by atoms with Crippen LogP contribution >= 0.6 is 0 Å². The zero-order chi connectivity index (χ0) is 17.0. The van der Waals surface area contributed by atoms with Crippen LogP contribution in [0.2, 0.25) is 0 Å². The third-order valence-corrected chi connectivity index (χ3v) is 3.22. The topological polar surface area (TPSA) is 52.7 Å². The fraction of sp³-hybridized carbons (Fsp3) is 0.333. The van der Waals surface area contributed by atoms with Gasteiger partial charge in [-0.3, -0.25) is 19.4 Å². The fourth-order valence-corrected chi connectivity index (χ4v) is 2.35. The van der Waals surface area contributed by atoms with Gasteiger partial charge in [-0.15, -0.1) is 6.58 Å². The van der Waals surface area contributed by atoms with Gasteiger partial charge in [0.1, 0.15) is 6.54 Å². The van der Waals surface area contributed by atoms with Crippen LogP contribution in [0, 0.1) is 0 Å². The number of benzene rings is 1. The molecular formula is C15H16F3N3O2. The summed E-state index contributed by atoms with van der Waals surface area (Å²) in [6, 6.07) is 6.65. The Morgan fingerprint density at radius 3 is 2.74 bits per heavy atom. The second-order valence-corrected chi connectivity index (χ2v) is 5.12. The number of fused-ring (bicyclic) bond motifs is 1. The Morgan fingerprint density at radius 1 is 1.39 bits per heavy atom. The number of nitrogens with zero attached hydrogens (tertiary/aromatic N) is 2. The van der Waals surface area contributed by atoms with Crippen molar-refractivity contribution in [3.8, 4) is 0 Å². The quantitative estimate of drug-likeness (QED) is 0.842. The minimum absolute atomic E-state index is 0.0765. The zero-order valence-electron chi connectivity index (χ0n) is 12.3. The molecule has 124 valence electrons. The molecule has 5 nitrogen and oxygen atoms in total. The van der Waals surface area contributed by atoms with Crippen LogP contribution in [0.4, 0.5) is 24.5 Å². The van der Waals surface area contributed by atoms with Gasteiger partial charge < -0.3 is 5.32 Å². The van der Waals surface area contributed by atoms with Crippen LogP contribution < -0.4 is 10.2 Å². The largest absolute Gasteiger partial charge is 0.401 e. The monoisotopic (exact) mass is 327 g/mol. The first-order valence-electron chi connectivity index (χ1n) is 6.89. The summed E-state index contributed by atoms with van der Waals surface area (Å²) in [4.78, 5) is 26.2. The molecule has 0 saturated carbocycles. The molecule has 2 rings (SSSR count). The minimum atomic E-state index is -4.42. The van der Waals surface area contributed by atoms with Crippen LogP contribution in [0.1, 0.15) is 0 Å².